The summed E-state index contributed by atoms with van der Waals surface area (Å²) in [6.07, 6.45) is 0. The largest absolute Gasteiger partial charge is 0.325 e. The molecule has 110 valence electrons. The van der Waals surface area contributed by atoms with Gasteiger partial charge in [-0.25, -0.2) is 0 Å². The number of rotatable bonds is 5. The first-order valence-electron chi connectivity index (χ1n) is 6.87. The molecule has 0 aliphatic rings. The van der Waals surface area contributed by atoms with Gasteiger partial charge in [-0.05, 0) is 37.7 Å². The molecule has 0 bridgehead atoms. The molecule has 0 saturated heterocycles. The number of carbonyl (C=O) groups excluding carboxylic acids is 1. The van der Waals surface area contributed by atoms with Gasteiger partial charge < -0.3 is 5.32 Å². The van der Waals surface area contributed by atoms with Gasteiger partial charge in [-0.2, -0.15) is 0 Å². The fourth-order valence-electron chi connectivity index (χ4n) is 2.00. The maximum absolute atomic E-state index is 12.3. The molecule has 0 fully saturated rings. The number of nitrogens with zero attached hydrogens (tertiary/aromatic N) is 1. The van der Waals surface area contributed by atoms with Crippen molar-refractivity contribution in [1.29, 1.82) is 0 Å². The smallest absolute Gasteiger partial charge is 0.241 e. The van der Waals surface area contributed by atoms with Crippen LogP contribution in [0.25, 0.3) is 0 Å². The zero-order chi connectivity index (χ0) is 15.2. The molecule has 0 heterocycles. The van der Waals surface area contributed by atoms with Crippen LogP contribution in [0.5, 0.6) is 0 Å². The maximum atomic E-state index is 12.3. The topological polar surface area (TPSA) is 32.3 Å². The highest BCUT2D eigenvalue weighted by atomic mass is 79.9. The third kappa shape index (κ3) is 4.41. The second-order valence-electron chi connectivity index (χ2n) is 5.04. The molecule has 0 aromatic heterocycles. The second-order valence-corrected chi connectivity index (χ2v) is 5.89. The highest BCUT2D eigenvalue weighted by Crippen LogP contribution is 2.18. The van der Waals surface area contributed by atoms with Crippen LogP contribution in [0.15, 0.2) is 59.1 Å². The first-order chi connectivity index (χ1) is 10.1. The van der Waals surface area contributed by atoms with E-state index >= 15 is 0 Å². The normalized spacial score (nSPS) is 12.2. The van der Waals surface area contributed by atoms with E-state index in [1.165, 1.54) is 5.56 Å². The molecule has 1 N–H and O–H groups in total. The fourth-order valence-corrected chi connectivity index (χ4v) is 2.41. The molecule has 0 aliphatic heterocycles. The summed E-state index contributed by atoms with van der Waals surface area (Å²) in [6.45, 7) is 2.62. The third-order valence-corrected chi connectivity index (χ3v) is 4.23. The first-order valence-corrected chi connectivity index (χ1v) is 7.67. The van der Waals surface area contributed by atoms with Crippen molar-refractivity contribution in [2.45, 2.75) is 19.5 Å². The average molecular weight is 347 g/mol. The molecule has 3 nitrogen and oxygen atoms in total. The third-order valence-electron chi connectivity index (χ3n) is 3.46. The molecule has 4 heteroatoms. The minimum atomic E-state index is -0.211. The molecular weight excluding hydrogens is 328 g/mol. The molecule has 1 amide bonds. The van der Waals surface area contributed by atoms with E-state index in [9.17, 15) is 4.79 Å². The standard InChI is InChI=1S/C17H19BrN2O/c1-13(17(21)19-15-9-4-3-5-10-15)20(2)12-14-8-6-7-11-16(14)18/h3-11,13H,12H2,1-2H3,(H,19,21)/t13-/m0/s1. The van der Waals surface area contributed by atoms with Crippen molar-refractivity contribution in [3.63, 3.8) is 0 Å². The van der Waals surface area contributed by atoms with Crippen LogP contribution in [0.1, 0.15) is 12.5 Å². The summed E-state index contributed by atoms with van der Waals surface area (Å²) in [4.78, 5) is 14.3. The van der Waals surface area contributed by atoms with Gasteiger partial charge in [-0.1, -0.05) is 52.3 Å². The summed E-state index contributed by atoms with van der Waals surface area (Å²) >= 11 is 3.54. The summed E-state index contributed by atoms with van der Waals surface area (Å²) in [7, 11) is 1.95. The van der Waals surface area contributed by atoms with Gasteiger partial charge in [0.1, 0.15) is 0 Å². The molecule has 0 aliphatic carbocycles. The lowest BCUT2D eigenvalue weighted by molar-refractivity contribution is -0.120. The Morgan fingerprint density at radius 2 is 1.76 bits per heavy atom. The van der Waals surface area contributed by atoms with E-state index in [1.54, 1.807) is 0 Å². The van der Waals surface area contributed by atoms with E-state index in [2.05, 4.69) is 27.3 Å². The van der Waals surface area contributed by atoms with Gasteiger partial charge >= 0.3 is 0 Å². The van der Waals surface area contributed by atoms with Crippen molar-refractivity contribution >= 4 is 27.5 Å². The molecule has 0 unspecified atom stereocenters. The van der Waals surface area contributed by atoms with Gasteiger partial charge in [0.25, 0.3) is 0 Å². The highest BCUT2D eigenvalue weighted by Gasteiger charge is 2.18. The summed E-state index contributed by atoms with van der Waals surface area (Å²) in [6, 6.07) is 17.4. The molecule has 0 spiro atoms. The van der Waals surface area contributed by atoms with Gasteiger partial charge in [0.2, 0.25) is 5.91 Å². The lowest BCUT2D eigenvalue weighted by Gasteiger charge is -2.24. The minimum absolute atomic E-state index is 0.00393. The van der Waals surface area contributed by atoms with Gasteiger partial charge in [0.05, 0.1) is 6.04 Å². The molecule has 2 aromatic rings. The Bertz CT molecular complexity index is 601. The van der Waals surface area contributed by atoms with Crippen LogP contribution in [-0.2, 0) is 11.3 Å². The minimum Gasteiger partial charge on any atom is -0.325 e. The van der Waals surface area contributed by atoms with Crippen LogP contribution in [-0.4, -0.2) is 23.9 Å². The summed E-state index contributed by atoms with van der Waals surface area (Å²) < 4.78 is 1.06. The number of amides is 1. The van der Waals surface area contributed by atoms with Crippen molar-refractivity contribution in [3.8, 4) is 0 Å². The van der Waals surface area contributed by atoms with Crippen molar-refractivity contribution < 1.29 is 4.79 Å². The predicted octanol–water partition coefficient (Wildman–Crippen LogP) is 3.91. The lowest BCUT2D eigenvalue weighted by atomic mass is 10.2. The van der Waals surface area contributed by atoms with E-state index < -0.39 is 0 Å². The van der Waals surface area contributed by atoms with Crippen LogP contribution in [0.3, 0.4) is 0 Å². The average Bonchev–Trinajstić information content (AvgIpc) is 2.49. The number of halogens is 1. The Morgan fingerprint density at radius 3 is 2.43 bits per heavy atom. The SMILES string of the molecule is C[C@@H](C(=O)Nc1ccccc1)N(C)Cc1ccccc1Br. The van der Waals surface area contributed by atoms with Gasteiger partial charge in [0, 0.05) is 16.7 Å². The second kappa shape index (κ2) is 7.38. The molecule has 2 aromatic carbocycles. The number of anilines is 1. The van der Waals surface area contributed by atoms with E-state index in [1.807, 2.05) is 67.4 Å². The molecule has 0 saturated carbocycles. The number of benzene rings is 2. The summed E-state index contributed by atoms with van der Waals surface area (Å²) in [5, 5.41) is 2.93. The number of hydrogen-bond acceptors (Lipinski definition) is 2. The molecular formula is C17H19BrN2O. The van der Waals surface area contributed by atoms with Crippen molar-refractivity contribution in [1.82, 2.24) is 4.90 Å². The van der Waals surface area contributed by atoms with Crippen LogP contribution in [0.2, 0.25) is 0 Å². The zero-order valence-electron chi connectivity index (χ0n) is 12.2. The lowest BCUT2D eigenvalue weighted by Crippen LogP contribution is -2.39. The Labute approximate surface area is 134 Å². The fraction of sp³-hybridized carbons (Fsp3) is 0.235. The number of carbonyl (C=O) groups is 1. The molecule has 0 radical (unpaired) electrons. The van der Waals surface area contributed by atoms with Gasteiger partial charge in [-0.3, -0.25) is 9.69 Å². The predicted molar refractivity (Wildman–Crippen MR) is 90.1 cm³/mol. The number of likely N-dealkylation sites (N-methyl/N-ethyl adjacent to an activating group) is 1. The molecule has 1 atom stereocenters. The summed E-state index contributed by atoms with van der Waals surface area (Å²) in [5.74, 6) is -0.00393. The van der Waals surface area contributed by atoms with E-state index in [4.69, 9.17) is 0 Å². The number of hydrogen-bond donors (Lipinski definition) is 1. The monoisotopic (exact) mass is 346 g/mol. The number of para-hydroxylation sites is 1. The first kappa shape index (κ1) is 15.7. The molecule has 2 rings (SSSR count). The van der Waals surface area contributed by atoms with Crippen LogP contribution < -0.4 is 5.32 Å². The van der Waals surface area contributed by atoms with Gasteiger partial charge in [-0.15, -0.1) is 0 Å². The highest BCUT2D eigenvalue weighted by molar-refractivity contribution is 9.10. The van der Waals surface area contributed by atoms with E-state index in [0.717, 1.165) is 10.2 Å². The van der Waals surface area contributed by atoms with Crippen molar-refractivity contribution in [2.75, 3.05) is 12.4 Å². The Hall–Kier alpha value is -1.65. The Balaban J connectivity index is 1.97. The molecule has 21 heavy (non-hydrogen) atoms. The van der Waals surface area contributed by atoms with Crippen molar-refractivity contribution in [2.24, 2.45) is 0 Å². The quantitative estimate of drug-likeness (QED) is 0.890. The maximum Gasteiger partial charge on any atom is 0.241 e. The Kier molecular flexibility index (Phi) is 5.53. The zero-order valence-corrected chi connectivity index (χ0v) is 13.8. The van der Waals surface area contributed by atoms with E-state index in [-0.39, 0.29) is 11.9 Å². The van der Waals surface area contributed by atoms with Crippen LogP contribution in [0.4, 0.5) is 5.69 Å². The summed E-state index contributed by atoms with van der Waals surface area (Å²) in [5.41, 5.74) is 1.99. The van der Waals surface area contributed by atoms with Gasteiger partial charge in [0.15, 0.2) is 0 Å². The Morgan fingerprint density at radius 1 is 1.14 bits per heavy atom. The van der Waals surface area contributed by atoms with Crippen molar-refractivity contribution in [3.05, 3.63) is 64.6 Å². The number of nitrogens with one attached hydrogen (secondary N) is 1. The van der Waals surface area contributed by atoms with Crippen LogP contribution in [0, 0.1) is 0 Å². The van der Waals surface area contributed by atoms with E-state index in [0.29, 0.717) is 6.54 Å². The van der Waals surface area contributed by atoms with Crippen LogP contribution >= 0.6 is 15.9 Å².